The fourth-order valence-corrected chi connectivity index (χ4v) is 2.75. The number of pyridine rings is 1. The summed E-state index contributed by atoms with van der Waals surface area (Å²) in [4.78, 5) is 0. The van der Waals surface area contributed by atoms with Crippen LogP contribution in [-0.2, 0) is 5.75 Å². The molecule has 2 aromatic heterocycles. The molecule has 0 aliphatic heterocycles. The summed E-state index contributed by atoms with van der Waals surface area (Å²) in [6.45, 7) is 0. The van der Waals surface area contributed by atoms with Crippen LogP contribution in [0.3, 0.4) is 0 Å². The molecule has 0 saturated heterocycles. The van der Waals surface area contributed by atoms with Crippen molar-refractivity contribution in [3.63, 3.8) is 0 Å². The lowest BCUT2D eigenvalue weighted by atomic mass is 10.2. The third-order valence-corrected chi connectivity index (χ3v) is 3.75. The first-order valence-electron chi connectivity index (χ1n) is 5.71. The van der Waals surface area contributed by atoms with Crippen molar-refractivity contribution in [2.45, 2.75) is 10.9 Å². The molecule has 4 nitrogen and oxygen atoms in total. The molecule has 0 unspecified atom stereocenters. The largest absolute Gasteiger partial charge is 0.398 e. The lowest BCUT2D eigenvalue weighted by Gasteiger charge is -2.05. The highest BCUT2D eigenvalue weighted by Crippen LogP contribution is 2.26. The van der Waals surface area contributed by atoms with E-state index in [0.29, 0.717) is 17.0 Å². The van der Waals surface area contributed by atoms with Gasteiger partial charge in [0.05, 0.1) is 0 Å². The van der Waals surface area contributed by atoms with Gasteiger partial charge in [-0.1, -0.05) is 23.9 Å². The van der Waals surface area contributed by atoms with Crippen LogP contribution in [0.4, 0.5) is 10.1 Å². The van der Waals surface area contributed by atoms with Crippen LogP contribution in [0.2, 0.25) is 0 Å². The molecule has 2 N–H and O–H groups in total. The zero-order chi connectivity index (χ0) is 13.2. The van der Waals surface area contributed by atoms with Gasteiger partial charge >= 0.3 is 0 Å². The minimum atomic E-state index is -0.290. The van der Waals surface area contributed by atoms with Gasteiger partial charge in [-0.2, -0.15) is 0 Å². The number of hydrogen-bond acceptors (Lipinski definition) is 4. The Morgan fingerprint density at radius 3 is 2.89 bits per heavy atom. The van der Waals surface area contributed by atoms with Crippen LogP contribution in [-0.4, -0.2) is 14.6 Å². The molecule has 0 radical (unpaired) electrons. The van der Waals surface area contributed by atoms with E-state index < -0.39 is 0 Å². The third kappa shape index (κ3) is 2.26. The summed E-state index contributed by atoms with van der Waals surface area (Å²) in [6.07, 6.45) is 1.88. The summed E-state index contributed by atoms with van der Waals surface area (Å²) in [5.74, 6) is 0.134. The van der Waals surface area contributed by atoms with Gasteiger partial charge in [0.1, 0.15) is 5.82 Å². The molecular weight excluding hydrogens is 263 g/mol. The fraction of sp³-hybridized carbons (Fsp3) is 0.0769. The molecule has 0 aliphatic rings. The second-order valence-electron chi connectivity index (χ2n) is 4.01. The number of aromatic nitrogens is 3. The van der Waals surface area contributed by atoms with E-state index in [0.717, 1.165) is 10.8 Å². The van der Waals surface area contributed by atoms with E-state index in [1.165, 1.54) is 17.8 Å². The van der Waals surface area contributed by atoms with Crippen molar-refractivity contribution in [3.8, 4) is 0 Å². The number of anilines is 1. The van der Waals surface area contributed by atoms with Crippen molar-refractivity contribution in [2.24, 2.45) is 0 Å². The first-order chi connectivity index (χ1) is 9.25. The Hall–Kier alpha value is -2.08. The smallest absolute Gasteiger partial charge is 0.195 e. The first kappa shape index (κ1) is 12.0. The van der Waals surface area contributed by atoms with Crippen LogP contribution < -0.4 is 5.73 Å². The molecule has 3 aromatic rings. The standard InChI is InChI=1S/C13H11FN4S/c14-10-4-3-5-11(15)9(10)8-19-13-17-16-12-6-1-2-7-18(12)13/h1-7H,8,15H2. The van der Waals surface area contributed by atoms with Crippen LogP contribution >= 0.6 is 11.8 Å². The van der Waals surface area contributed by atoms with Gasteiger partial charge in [0.25, 0.3) is 0 Å². The van der Waals surface area contributed by atoms with Gasteiger partial charge < -0.3 is 5.73 Å². The molecule has 2 heterocycles. The zero-order valence-corrected chi connectivity index (χ0v) is 10.8. The second-order valence-corrected chi connectivity index (χ2v) is 4.95. The highest BCUT2D eigenvalue weighted by Gasteiger charge is 2.10. The maximum atomic E-state index is 13.7. The first-order valence-corrected chi connectivity index (χ1v) is 6.69. The summed E-state index contributed by atoms with van der Waals surface area (Å²) in [6, 6.07) is 10.4. The molecule has 1 aromatic carbocycles. The number of thioether (sulfide) groups is 1. The number of hydrogen-bond donors (Lipinski definition) is 1. The Balaban J connectivity index is 1.87. The molecule has 0 aliphatic carbocycles. The Morgan fingerprint density at radius 2 is 2.05 bits per heavy atom. The normalized spacial score (nSPS) is 11.0. The van der Waals surface area contributed by atoms with Gasteiger partial charge in [0.15, 0.2) is 10.8 Å². The summed E-state index contributed by atoms with van der Waals surface area (Å²) in [5.41, 5.74) is 7.51. The predicted molar refractivity (Wildman–Crippen MR) is 73.4 cm³/mol. The van der Waals surface area contributed by atoms with E-state index in [1.807, 2.05) is 28.8 Å². The van der Waals surface area contributed by atoms with Crippen LogP contribution in [0.15, 0.2) is 47.8 Å². The molecule has 0 amide bonds. The Morgan fingerprint density at radius 1 is 1.16 bits per heavy atom. The molecule has 96 valence electrons. The van der Waals surface area contributed by atoms with Crippen molar-refractivity contribution < 1.29 is 4.39 Å². The molecule has 0 bridgehead atoms. The number of nitrogen functional groups attached to an aromatic ring is 1. The fourth-order valence-electron chi connectivity index (χ4n) is 1.78. The van der Waals surface area contributed by atoms with Gasteiger partial charge in [-0.15, -0.1) is 10.2 Å². The van der Waals surface area contributed by atoms with Crippen molar-refractivity contribution in [2.75, 3.05) is 5.73 Å². The zero-order valence-electron chi connectivity index (χ0n) is 9.95. The number of nitrogens with zero attached hydrogens (tertiary/aromatic N) is 3. The highest BCUT2D eigenvalue weighted by molar-refractivity contribution is 7.98. The maximum Gasteiger partial charge on any atom is 0.195 e. The minimum Gasteiger partial charge on any atom is -0.398 e. The number of rotatable bonds is 3. The molecule has 0 fully saturated rings. The Bertz CT molecular complexity index is 705. The van der Waals surface area contributed by atoms with Crippen LogP contribution in [0.5, 0.6) is 0 Å². The van der Waals surface area contributed by atoms with E-state index >= 15 is 0 Å². The Kier molecular flexibility index (Phi) is 3.08. The van der Waals surface area contributed by atoms with Crippen LogP contribution in [0.1, 0.15) is 5.56 Å². The summed E-state index contributed by atoms with van der Waals surface area (Å²) < 4.78 is 15.5. The van der Waals surface area contributed by atoms with Crippen molar-refractivity contribution in [1.82, 2.24) is 14.6 Å². The van der Waals surface area contributed by atoms with Crippen LogP contribution in [0, 0.1) is 5.82 Å². The van der Waals surface area contributed by atoms with Gasteiger partial charge in [-0.25, -0.2) is 4.39 Å². The third-order valence-electron chi connectivity index (χ3n) is 2.78. The lowest BCUT2D eigenvalue weighted by Crippen LogP contribution is -1.97. The predicted octanol–water partition coefficient (Wildman–Crippen LogP) is 2.74. The summed E-state index contributed by atoms with van der Waals surface area (Å²) in [7, 11) is 0. The summed E-state index contributed by atoms with van der Waals surface area (Å²) in [5, 5.41) is 8.85. The average molecular weight is 274 g/mol. The number of halogens is 1. The monoisotopic (exact) mass is 274 g/mol. The van der Waals surface area contributed by atoms with Gasteiger partial charge in [-0.3, -0.25) is 4.40 Å². The molecule has 0 saturated carbocycles. The lowest BCUT2D eigenvalue weighted by molar-refractivity contribution is 0.618. The summed E-state index contributed by atoms with van der Waals surface area (Å²) >= 11 is 1.41. The quantitative estimate of drug-likeness (QED) is 0.589. The molecule has 0 spiro atoms. The van der Waals surface area contributed by atoms with E-state index in [-0.39, 0.29) is 5.82 Å². The van der Waals surface area contributed by atoms with Gasteiger partial charge in [0, 0.05) is 23.2 Å². The molecule has 3 rings (SSSR count). The second kappa shape index (κ2) is 4.89. The Labute approximate surface area is 113 Å². The number of nitrogens with two attached hydrogens (primary N) is 1. The van der Waals surface area contributed by atoms with Crippen molar-refractivity contribution >= 4 is 23.1 Å². The molecule has 19 heavy (non-hydrogen) atoms. The topological polar surface area (TPSA) is 56.2 Å². The van der Waals surface area contributed by atoms with Crippen LogP contribution in [0.25, 0.3) is 5.65 Å². The number of fused-ring (bicyclic) bond motifs is 1. The minimum absolute atomic E-state index is 0.290. The van der Waals surface area contributed by atoms with Gasteiger partial charge in [0.2, 0.25) is 0 Å². The van der Waals surface area contributed by atoms with E-state index in [9.17, 15) is 4.39 Å². The maximum absolute atomic E-state index is 13.7. The van der Waals surface area contributed by atoms with E-state index in [1.54, 1.807) is 12.1 Å². The number of benzene rings is 1. The van der Waals surface area contributed by atoms with Gasteiger partial charge in [-0.05, 0) is 24.3 Å². The molecule has 0 atom stereocenters. The van der Waals surface area contributed by atoms with E-state index in [2.05, 4.69) is 10.2 Å². The average Bonchev–Trinajstić information content (AvgIpc) is 2.82. The highest BCUT2D eigenvalue weighted by atomic mass is 32.2. The molecule has 6 heteroatoms. The van der Waals surface area contributed by atoms with Crippen molar-refractivity contribution in [3.05, 3.63) is 54.0 Å². The van der Waals surface area contributed by atoms with Crippen molar-refractivity contribution in [1.29, 1.82) is 0 Å². The SMILES string of the molecule is Nc1cccc(F)c1CSc1nnc2ccccn12. The van der Waals surface area contributed by atoms with E-state index in [4.69, 9.17) is 5.73 Å². The molecular formula is C13H11FN4S.